The maximum atomic E-state index is 7.29. The van der Waals surface area contributed by atoms with Gasteiger partial charge in [0.25, 0.3) is 0 Å². The quantitative estimate of drug-likeness (QED) is 0.189. The maximum absolute atomic E-state index is 7.29. The summed E-state index contributed by atoms with van der Waals surface area (Å²) in [6, 6.07) is 65.7. The van der Waals surface area contributed by atoms with Crippen LogP contribution in [0.2, 0.25) is 0 Å². The van der Waals surface area contributed by atoms with E-state index in [4.69, 9.17) is 9.47 Å². The fourth-order valence-electron chi connectivity index (χ4n) is 7.60. The van der Waals surface area contributed by atoms with Crippen LogP contribution in [0.5, 0.6) is 23.0 Å². The molecule has 10 rings (SSSR count). The molecule has 1 aliphatic heterocycles. The molecule has 0 amide bonds. The number of fused-ring (bicyclic) bond motifs is 9. The average molecular weight is 654 g/mol. The van der Waals surface area contributed by atoms with E-state index in [0.717, 1.165) is 78.7 Å². The Morgan fingerprint density at radius 1 is 0.333 bits per heavy atom. The zero-order valence-corrected chi connectivity index (χ0v) is 27.7. The SMILES string of the molecule is c1ccc(-c2cccc3c2-c2ccccc2Oc2ccccc2-c2cccc(-c4ccc5c(c4)c4ccccc4n5-c4ccccc4)c2O3)cc1. The topological polar surface area (TPSA) is 23.4 Å². The van der Waals surface area contributed by atoms with E-state index < -0.39 is 0 Å². The smallest absolute Gasteiger partial charge is 0.143 e. The van der Waals surface area contributed by atoms with Gasteiger partial charge in [0.2, 0.25) is 0 Å². The van der Waals surface area contributed by atoms with Crippen molar-refractivity contribution in [2.75, 3.05) is 0 Å². The summed E-state index contributed by atoms with van der Waals surface area (Å²) in [4.78, 5) is 0. The largest absolute Gasteiger partial charge is 0.456 e. The highest BCUT2D eigenvalue weighted by Gasteiger charge is 2.25. The summed E-state index contributed by atoms with van der Waals surface area (Å²) in [6.45, 7) is 0. The lowest BCUT2D eigenvalue weighted by Crippen LogP contribution is -2.00. The molecular formula is C48H31NO2. The van der Waals surface area contributed by atoms with Gasteiger partial charge in [-0.25, -0.2) is 0 Å². The highest BCUT2D eigenvalue weighted by atomic mass is 16.5. The monoisotopic (exact) mass is 653 g/mol. The van der Waals surface area contributed by atoms with Gasteiger partial charge in [-0.15, -0.1) is 0 Å². The van der Waals surface area contributed by atoms with Crippen LogP contribution in [0.1, 0.15) is 0 Å². The third kappa shape index (κ3) is 4.82. The minimum absolute atomic E-state index is 0.766. The molecule has 1 aliphatic rings. The summed E-state index contributed by atoms with van der Waals surface area (Å²) in [5.41, 5.74) is 11.6. The van der Waals surface area contributed by atoms with Gasteiger partial charge in [-0.2, -0.15) is 0 Å². The highest BCUT2D eigenvalue weighted by molar-refractivity contribution is 6.10. The van der Waals surface area contributed by atoms with Crippen molar-refractivity contribution >= 4 is 21.8 Å². The summed E-state index contributed by atoms with van der Waals surface area (Å²) in [6.07, 6.45) is 0. The van der Waals surface area contributed by atoms with Crippen LogP contribution in [-0.2, 0) is 0 Å². The fourth-order valence-corrected chi connectivity index (χ4v) is 7.60. The Morgan fingerprint density at radius 2 is 0.922 bits per heavy atom. The van der Waals surface area contributed by atoms with E-state index >= 15 is 0 Å². The lowest BCUT2D eigenvalue weighted by molar-refractivity contribution is 0.473. The van der Waals surface area contributed by atoms with E-state index in [0.29, 0.717) is 0 Å². The van der Waals surface area contributed by atoms with E-state index in [9.17, 15) is 0 Å². The molecule has 3 nitrogen and oxygen atoms in total. The van der Waals surface area contributed by atoms with Gasteiger partial charge in [-0.05, 0) is 65.2 Å². The molecule has 0 unspecified atom stereocenters. The number of aromatic nitrogens is 1. The first-order chi connectivity index (χ1) is 25.3. The van der Waals surface area contributed by atoms with Crippen LogP contribution < -0.4 is 9.47 Å². The normalized spacial score (nSPS) is 11.8. The van der Waals surface area contributed by atoms with Crippen LogP contribution >= 0.6 is 0 Å². The lowest BCUT2D eigenvalue weighted by atomic mass is 9.92. The molecule has 0 bridgehead atoms. The Labute approximate surface area is 296 Å². The van der Waals surface area contributed by atoms with E-state index in [-0.39, 0.29) is 0 Å². The second-order valence-corrected chi connectivity index (χ2v) is 12.8. The molecule has 0 saturated heterocycles. The molecule has 0 saturated carbocycles. The summed E-state index contributed by atoms with van der Waals surface area (Å²) in [5, 5.41) is 2.40. The molecule has 3 heteroatoms. The first kappa shape index (κ1) is 29.1. The minimum Gasteiger partial charge on any atom is -0.456 e. The van der Waals surface area contributed by atoms with Gasteiger partial charge in [-0.1, -0.05) is 140 Å². The number of hydrogen-bond acceptors (Lipinski definition) is 2. The molecule has 9 aromatic rings. The van der Waals surface area contributed by atoms with Crippen LogP contribution in [0.15, 0.2) is 188 Å². The third-order valence-corrected chi connectivity index (χ3v) is 9.89. The van der Waals surface area contributed by atoms with Crippen molar-refractivity contribution in [3.63, 3.8) is 0 Å². The molecule has 0 aliphatic carbocycles. The van der Waals surface area contributed by atoms with Crippen LogP contribution in [0.25, 0.3) is 72.0 Å². The standard InChI is InChI=1S/C48H31NO2/c1-3-15-32(16-4-1)35-22-14-28-46-47(35)40-21-9-12-27-45(40)50-44-26-11-8-20-38(44)39-24-13-23-36(48(39)51-46)33-29-30-43-41(31-33)37-19-7-10-25-42(37)49(43)34-17-5-2-6-18-34/h1-31H. The van der Waals surface area contributed by atoms with Crippen molar-refractivity contribution in [2.45, 2.75) is 0 Å². The molecule has 0 spiro atoms. The van der Waals surface area contributed by atoms with Crippen molar-refractivity contribution < 1.29 is 9.47 Å². The molecule has 1 aromatic heterocycles. The molecule has 240 valence electrons. The van der Waals surface area contributed by atoms with Crippen molar-refractivity contribution in [3.05, 3.63) is 188 Å². The van der Waals surface area contributed by atoms with Gasteiger partial charge < -0.3 is 14.0 Å². The molecule has 2 heterocycles. The number of para-hydroxylation sites is 5. The first-order valence-electron chi connectivity index (χ1n) is 17.3. The summed E-state index contributed by atoms with van der Waals surface area (Å²) in [5.74, 6) is 3.10. The van der Waals surface area contributed by atoms with Gasteiger partial charge in [0, 0.05) is 44.3 Å². The number of nitrogens with zero attached hydrogens (tertiary/aromatic N) is 1. The first-order valence-corrected chi connectivity index (χ1v) is 17.3. The molecule has 0 fully saturated rings. The number of ether oxygens (including phenoxy) is 2. The molecule has 0 radical (unpaired) electrons. The van der Waals surface area contributed by atoms with Crippen molar-refractivity contribution in [1.29, 1.82) is 0 Å². The average Bonchev–Trinajstić information content (AvgIpc) is 3.53. The molecule has 0 N–H and O–H groups in total. The second kappa shape index (κ2) is 11.9. The Morgan fingerprint density at radius 3 is 1.76 bits per heavy atom. The third-order valence-electron chi connectivity index (χ3n) is 9.89. The molecule has 8 aromatic carbocycles. The van der Waals surface area contributed by atoms with Gasteiger partial charge in [-0.3, -0.25) is 0 Å². The Kier molecular flexibility index (Phi) is 6.81. The lowest BCUT2D eigenvalue weighted by Gasteiger charge is -2.24. The molecule has 0 atom stereocenters. The fraction of sp³-hybridized carbons (Fsp3) is 0. The molecule has 51 heavy (non-hydrogen) atoms. The summed E-state index contributed by atoms with van der Waals surface area (Å²) < 4.78 is 16.5. The van der Waals surface area contributed by atoms with E-state index in [1.54, 1.807) is 0 Å². The van der Waals surface area contributed by atoms with Gasteiger partial charge in [0.15, 0.2) is 0 Å². The maximum Gasteiger partial charge on any atom is 0.143 e. The molecular weight excluding hydrogens is 623 g/mol. The number of benzene rings is 8. The summed E-state index contributed by atoms with van der Waals surface area (Å²) >= 11 is 0. The predicted octanol–water partition coefficient (Wildman–Crippen LogP) is 13.3. The summed E-state index contributed by atoms with van der Waals surface area (Å²) in [7, 11) is 0. The van der Waals surface area contributed by atoms with Gasteiger partial charge in [0.1, 0.15) is 23.0 Å². The Balaban J connectivity index is 1.24. The Bertz CT molecular complexity index is 2740. The predicted molar refractivity (Wildman–Crippen MR) is 209 cm³/mol. The number of hydrogen-bond donors (Lipinski definition) is 0. The zero-order chi connectivity index (χ0) is 33.7. The van der Waals surface area contributed by atoms with E-state index in [2.05, 4.69) is 162 Å². The highest BCUT2D eigenvalue weighted by Crippen LogP contribution is 2.52. The van der Waals surface area contributed by atoms with Gasteiger partial charge in [0.05, 0.1) is 11.0 Å². The van der Waals surface area contributed by atoms with E-state index in [1.165, 1.54) is 16.3 Å². The van der Waals surface area contributed by atoms with Crippen molar-refractivity contribution in [1.82, 2.24) is 4.57 Å². The van der Waals surface area contributed by atoms with Crippen LogP contribution in [-0.4, -0.2) is 4.57 Å². The second-order valence-electron chi connectivity index (χ2n) is 12.8. The van der Waals surface area contributed by atoms with Crippen LogP contribution in [0.3, 0.4) is 0 Å². The van der Waals surface area contributed by atoms with Crippen LogP contribution in [0, 0.1) is 0 Å². The zero-order valence-electron chi connectivity index (χ0n) is 27.7. The Hall–Kier alpha value is -6.84. The van der Waals surface area contributed by atoms with Crippen LogP contribution in [0.4, 0.5) is 0 Å². The van der Waals surface area contributed by atoms with Gasteiger partial charge >= 0.3 is 0 Å². The van der Waals surface area contributed by atoms with E-state index in [1.807, 2.05) is 30.3 Å². The van der Waals surface area contributed by atoms with Crippen molar-refractivity contribution in [2.24, 2.45) is 0 Å². The number of rotatable bonds is 3. The minimum atomic E-state index is 0.766. The van der Waals surface area contributed by atoms with Crippen molar-refractivity contribution in [3.8, 4) is 73.2 Å².